The predicted octanol–water partition coefficient (Wildman–Crippen LogP) is 3.21. The van der Waals surface area contributed by atoms with Crippen LogP contribution in [-0.2, 0) is 13.1 Å². The molecule has 0 N–H and O–H groups in total. The van der Waals surface area contributed by atoms with Crippen LogP contribution in [0.25, 0.3) is 5.52 Å². The van der Waals surface area contributed by atoms with E-state index in [0.29, 0.717) is 25.3 Å². The number of pyridine rings is 1. The number of carbonyl (C=O) groups excluding carboxylic acids is 1. The fraction of sp³-hybridized carbons (Fsp3) is 0.200. The first-order valence-electron chi connectivity index (χ1n) is 6.90. The highest BCUT2D eigenvalue weighted by Crippen LogP contribution is 2.22. The molecule has 4 rings (SSSR count). The number of hydrogen-bond acceptors (Lipinski definition) is 2. The molecule has 0 spiro atoms. The third-order valence-corrected chi connectivity index (χ3v) is 4.69. The Labute approximate surface area is 140 Å². The summed E-state index contributed by atoms with van der Waals surface area (Å²) in [5.74, 6) is -0.0524. The average Bonchev–Trinajstić information content (AvgIpc) is 3.09. The van der Waals surface area contributed by atoms with Gasteiger partial charge in [0.1, 0.15) is 5.15 Å². The molecule has 0 saturated heterocycles. The van der Waals surface area contributed by atoms with Crippen molar-refractivity contribution in [3.8, 4) is 0 Å². The lowest BCUT2D eigenvalue weighted by atomic mass is 10.2. The number of nitrogens with zero attached hydrogens (tertiary/aromatic N) is 4. The van der Waals surface area contributed by atoms with Crippen molar-refractivity contribution in [3.05, 3.63) is 57.5 Å². The summed E-state index contributed by atoms with van der Waals surface area (Å²) < 4.78 is 4.67. The van der Waals surface area contributed by atoms with Gasteiger partial charge in [-0.3, -0.25) is 4.79 Å². The zero-order valence-corrected chi connectivity index (χ0v) is 13.9. The van der Waals surface area contributed by atoms with Gasteiger partial charge in [0, 0.05) is 29.5 Å². The normalized spacial score (nSPS) is 14.4. The molecule has 0 saturated carbocycles. The number of amides is 1. The Morgan fingerprint density at radius 1 is 1.23 bits per heavy atom. The molecule has 1 aliphatic heterocycles. The van der Waals surface area contributed by atoms with E-state index < -0.39 is 0 Å². The highest BCUT2D eigenvalue weighted by atomic mass is 79.9. The number of aromatic nitrogens is 3. The van der Waals surface area contributed by atoms with Gasteiger partial charge in [-0.05, 0) is 46.3 Å². The molecule has 5 nitrogen and oxygen atoms in total. The Kier molecular flexibility index (Phi) is 3.23. The molecule has 1 amide bonds. The van der Waals surface area contributed by atoms with Gasteiger partial charge in [-0.1, -0.05) is 11.6 Å². The largest absolute Gasteiger partial charge is 0.332 e. The molecular weight excluding hydrogens is 368 g/mol. The first kappa shape index (κ1) is 13.8. The van der Waals surface area contributed by atoms with Crippen molar-refractivity contribution in [1.82, 2.24) is 19.1 Å². The second-order valence-corrected chi connectivity index (χ2v) is 6.57. The molecular formula is C15H12BrClN4O. The minimum absolute atomic E-state index is 0.0524. The highest BCUT2D eigenvalue weighted by molar-refractivity contribution is 9.10. The fourth-order valence-electron chi connectivity index (χ4n) is 2.77. The van der Waals surface area contributed by atoms with E-state index in [2.05, 4.69) is 21.0 Å². The van der Waals surface area contributed by atoms with Gasteiger partial charge in [0.25, 0.3) is 5.91 Å². The van der Waals surface area contributed by atoms with Crippen molar-refractivity contribution in [2.45, 2.75) is 13.1 Å². The maximum Gasteiger partial charge on any atom is 0.274 e. The minimum atomic E-state index is -0.0524. The smallest absolute Gasteiger partial charge is 0.274 e. The number of halogens is 2. The summed E-state index contributed by atoms with van der Waals surface area (Å²) in [7, 11) is 0. The van der Waals surface area contributed by atoms with Crippen molar-refractivity contribution in [2.75, 3.05) is 6.54 Å². The van der Waals surface area contributed by atoms with E-state index in [-0.39, 0.29) is 5.91 Å². The van der Waals surface area contributed by atoms with E-state index in [9.17, 15) is 4.79 Å². The summed E-state index contributed by atoms with van der Waals surface area (Å²) in [4.78, 5) is 14.5. The quantitative estimate of drug-likeness (QED) is 0.651. The molecule has 0 aromatic carbocycles. The maximum absolute atomic E-state index is 12.7. The number of hydrogen-bond donors (Lipinski definition) is 0. The molecule has 0 atom stereocenters. The topological polar surface area (TPSA) is 42.5 Å². The van der Waals surface area contributed by atoms with Crippen LogP contribution in [0.5, 0.6) is 0 Å². The average molecular weight is 380 g/mol. The van der Waals surface area contributed by atoms with Crippen LogP contribution in [0.4, 0.5) is 0 Å². The van der Waals surface area contributed by atoms with Crippen LogP contribution in [0.3, 0.4) is 0 Å². The number of fused-ring (bicyclic) bond motifs is 2. The van der Waals surface area contributed by atoms with Crippen molar-refractivity contribution in [2.24, 2.45) is 0 Å². The summed E-state index contributed by atoms with van der Waals surface area (Å²) in [5, 5.41) is 5.09. The number of carbonyl (C=O) groups is 1. The zero-order valence-electron chi connectivity index (χ0n) is 11.5. The van der Waals surface area contributed by atoms with Crippen LogP contribution < -0.4 is 0 Å². The lowest BCUT2D eigenvalue weighted by molar-refractivity contribution is 0.0705. The molecule has 3 aromatic rings. The van der Waals surface area contributed by atoms with Crippen LogP contribution in [0, 0.1) is 0 Å². The lowest BCUT2D eigenvalue weighted by Gasteiger charge is -2.28. The first-order chi connectivity index (χ1) is 10.6. The second-order valence-electron chi connectivity index (χ2n) is 5.27. The lowest BCUT2D eigenvalue weighted by Crippen LogP contribution is -2.38. The molecule has 112 valence electrons. The van der Waals surface area contributed by atoms with Gasteiger partial charge in [0.05, 0.1) is 12.1 Å². The molecule has 0 aliphatic carbocycles. The third-order valence-electron chi connectivity index (χ3n) is 3.89. The van der Waals surface area contributed by atoms with Crippen molar-refractivity contribution < 1.29 is 4.79 Å². The Bertz CT molecular complexity index is 885. The Balaban J connectivity index is 1.63. The van der Waals surface area contributed by atoms with E-state index in [1.165, 1.54) is 0 Å². The van der Waals surface area contributed by atoms with Gasteiger partial charge < -0.3 is 9.47 Å². The molecule has 3 aromatic heterocycles. The van der Waals surface area contributed by atoms with Crippen molar-refractivity contribution in [1.29, 1.82) is 0 Å². The second kappa shape index (κ2) is 5.14. The standard InChI is InChI=1S/C15H12BrClN4O/c16-10-1-2-11-7-13(18-21(11)8-10)15(22)19-5-6-20-12(9-19)3-4-14(20)17/h1-4,7-8H,5-6,9H2. The summed E-state index contributed by atoms with van der Waals surface area (Å²) in [6.07, 6.45) is 1.84. The molecule has 0 radical (unpaired) electrons. The minimum Gasteiger partial charge on any atom is -0.332 e. The molecule has 4 heterocycles. The van der Waals surface area contributed by atoms with E-state index in [1.54, 1.807) is 4.52 Å². The van der Waals surface area contributed by atoms with Crippen LogP contribution in [0.15, 0.2) is 41.0 Å². The molecule has 0 fully saturated rings. The van der Waals surface area contributed by atoms with E-state index >= 15 is 0 Å². The van der Waals surface area contributed by atoms with Gasteiger partial charge in [0.15, 0.2) is 5.69 Å². The van der Waals surface area contributed by atoms with Crippen LogP contribution in [0.1, 0.15) is 16.2 Å². The van der Waals surface area contributed by atoms with Gasteiger partial charge in [0.2, 0.25) is 0 Å². The number of rotatable bonds is 1. The summed E-state index contributed by atoms with van der Waals surface area (Å²) in [6, 6.07) is 9.50. The predicted molar refractivity (Wildman–Crippen MR) is 87.1 cm³/mol. The zero-order chi connectivity index (χ0) is 15.3. The fourth-order valence-corrected chi connectivity index (χ4v) is 3.35. The van der Waals surface area contributed by atoms with Crippen molar-refractivity contribution >= 4 is 39.0 Å². The summed E-state index contributed by atoms with van der Waals surface area (Å²) in [5.41, 5.74) is 2.41. The Morgan fingerprint density at radius 3 is 2.95 bits per heavy atom. The van der Waals surface area contributed by atoms with Gasteiger partial charge >= 0.3 is 0 Å². The van der Waals surface area contributed by atoms with Crippen LogP contribution in [-0.4, -0.2) is 31.5 Å². The van der Waals surface area contributed by atoms with E-state index in [1.807, 2.05) is 46.0 Å². The third kappa shape index (κ3) is 2.23. The molecule has 0 bridgehead atoms. The van der Waals surface area contributed by atoms with Crippen molar-refractivity contribution in [3.63, 3.8) is 0 Å². The van der Waals surface area contributed by atoms with E-state index in [4.69, 9.17) is 11.6 Å². The van der Waals surface area contributed by atoms with Gasteiger partial charge in [-0.15, -0.1) is 0 Å². The van der Waals surface area contributed by atoms with E-state index in [0.717, 1.165) is 20.8 Å². The Hall–Kier alpha value is -1.79. The molecule has 22 heavy (non-hydrogen) atoms. The molecule has 7 heteroatoms. The van der Waals surface area contributed by atoms with Gasteiger partial charge in [-0.25, -0.2) is 4.52 Å². The first-order valence-corrected chi connectivity index (χ1v) is 8.07. The molecule has 0 unspecified atom stereocenters. The van der Waals surface area contributed by atoms with Crippen LogP contribution >= 0.6 is 27.5 Å². The highest BCUT2D eigenvalue weighted by Gasteiger charge is 2.24. The summed E-state index contributed by atoms with van der Waals surface area (Å²) in [6.45, 7) is 1.91. The van der Waals surface area contributed by atoms with Gasteiger partial charge in [-0.2, -0.15) is 5.10 Å². The summed E-state index contributed by atoms with van der Waals surface area (Å²) >= 11 is 9.51. The maximum atomic E-state index is 12.7. The monoisotopic (exact) mass is 378 g/mol. The Morgan fingerprint density at radius 2 is 2.09 bits per heavy atom. The SMILES string of the molecule is O=C(c1cc2ccc(Br)cn2n1)N1CCn2c(Cl)ccc2C1. The van der Waals surface area contributed by atoms with Crippen LogP contribution in [0.2, 0.25) is 5.15 Å². The molecule has 1 aliphatic rings.